The quantitative estimate of drug-likeness (QED) is 0.462. The molecule has 0 atom stereocenters. The molecular formula is C16H15FN2O4. The number of oxime groups is 1. The lowest BCUT2D eigenvalue weighted by molar-refractivity contribution is -0.384. The molecule has 0 amide bonds. The van der Waals surface area contributed by atoms with Gasteiger partial charge in [-0.1, -0.05) is 5.16 Å². The molecule has 0 aliphatic carbocycles. The fraction of sp³-hybridized carbons (Fsp3) is 0.188. The van der Waals surface area contributed by atoms with Crippen molar-refractivity contribution in [3.8, 4) is 5.75 Å². The highest BCUT2D eigenvalue weighted by atomic mass is 19.1. The Morgan fingerprint density at radius 3 is 2.52 bits per heavy atom. The van der Waals surface area contributed by atoms with Crippen LogP contribution in [0.2, 0.25) is 0 Å². The van der Waals surface area contributed by atoms with Gasteiger partial charge in [-0.3, -0.25) is 10.1 Å². The van der Waals surface area contributed by atoms with Crippen molar-refractivity contribution in [1.29, 1.82) is 0 Å². The van der Waals surface area contributed by atoms with Gasteiger partial charge in [-0.05, 0) is 42.8 Å². The number of nitro groups is 1. The van der Waals surface area contributed by atoms with Gasteiger partial charge in [0.1, 0.15) is 6.61 Å². The lowest BCUT2D eigenvalue weighted by Crippen LogP contribution is -1.99. The summed E-state index contributed by atoms with van der Waals surface area (Å²) >= 11 is 0. The third-order valence-electron chi connectivity index (χ3n) is 3.15. The molecule has 0 radical (unpaired) electrons. The molecule has 2 aromatic rings. The van der Waals surface area contributed by atoms with Gasteiger partial charge in [0, 0.05) is 17.7 Å². The van der Waals surface area contributed by atoms with Crippen LogP contribution in [0.3, 0.4) is 0 Å². The van der Waals surface area contributed by atoms with Gasteiger partial charge in [-0.25, -0.2) is 4.39 Å². The molecule has 0 saturated heterocycles. The van der Waals surface area contributed by atoms with Gasteiger partial charge >= 0.3 is 0 Å². The largest absolute Gasteiger partial charge is 0.494 e. The molecule has 0 saturated carbocycles. The molecule has 0 unspecified atom stereocenters. The fourth-order valence-electron chi connectivity index (χ4n) is 1.86. The molecule has 0 aliphatic heterocycles. The first kappa shape index (κ1) is 16.4. The Balaban J connectivity index is 1.99. The predicted molar refractivity (Wildman–Crippen MR) is 83.0 cm³/mol. The second-order valence-corrected chi connectivity index (χ2v) is 4.72. The molecule has 120 valence electrons. The van der Waals surface area contributed by atoms with Crippen LogP contribution in [0.4, 0.5) is 10.1 Å². The number of non-ortho nitro benzene ring substituents is 1. The summed E-state index contributed by atoms with van der Waals surface area (Å²) in [6.07, 6.45) is 0. The molecule has 23 heavy (non-hydrogen) atoms. The summed E-state index contributed by atoms with van der Waals surface area (Å²) in [6, 6.07) is 10.5. The zero-order chi connectivity index (χ0) is 16.8. The maximum atomic E-state index is 13.6. The Kier molecular flexibility index (Phi) is 5.24. The fourth-order valence-corrected chi connectivity index (χ4v) is 1.86. The van der Waals surface area contributed by atoms with Crippen LogP contribution < -0.4 is 4.74 Å². The molecule has 0 fully saturated rings. The summed E-state index contributed by atoms with van der Waals surface area (Å²) in [5, 5.41) is 14.5. The van der Waals surface area contributed by atoms with E-state index in [-0.39, 0.29) is 18.0 Å². The molecule has 2 rings (SSSR count). The van der Waals surface area contributed by atoms with Crippen LogP contribution in [0, 0.1) is 15.9 Å². The van der Waals surface area contributed by atoms with E-state index in [1.165, 1.54) is 31.4 Å². The number of nitro benzene ring substituents is 1. The molecule has 0 spiro atoms. The van der Waals surface area contributed by atoms with Crippen LogP contribution in [-0.4, -0.2) is 17.7 Å². The average Bonchev–Trinajstić information content (AvgIpc) is 2.55. The van der Waals surface area contributed by atoms with E-state index in [0.717, 1.165) is 5.56 Å². The summed E-state index contributed by atoms with van der Waals surface area (Å²) in [5.41, 5.74) is 1.84. The van der Waals surface area contributed by atoms with Crippen molar-refractivity contribution in [3.63, 3.8) is 0 Å². The van der Waals surface area contributed by atoms with Crippen LogP contribution in [0.1, 0.15) is 18.1 Å². The zero-order valence-corrected chi connectivity index (χ0v) is 12.7. The molecule has 0 aliphatic rings. The van der Waals surface area contributed by atoms with Gasteiger partial charge in [0.2, 0.25) is 0 Å². The van der Waals surface area contributed by atoms with Gasteiger partial charge in [-0.15, -0.1) is 0 Å². The van der Waals surface area contributed by atoms with Gasteiger partial charge in [-0.2, -0.15) is 0 Å². The summed E-state index contributed by atoms with van der Waals surface area (Å²) in [5.74, 6) is -0.316. The minimum absolute atomic E-state index is 0.0159. The van der Waals surface area contributed by atoms with Crippen molar-refractivity contribution in [3.05, 3.63) is 69.5 Å². The Labute approximate surface area is 132 Å². The number of nitrogens with zero attached hydrogens (tertiary/aromatic N) is 2. The van der Waals surface area contributed by atoms with E-state index in [2.05, 4.69) is 5.16 Å². The van der Waals surface area contributed by atoms with Gasteiger partial charge in [0.05, 0.1) is 17.7 Å². The summed E-state index contributed by atoms with van der Waals surface area (Å²) in [7, 11) is 1.40. The Hall–Kier alpha value is -2.96. The number of rotatable bonds is 6. The highest BCUT2D eigenvalue weighted by Crippen LogP contribution is 2.18. The predicted octanol–water partition coefficient (Wildman–Crippen LogP) is 3.68. The van der Waals surface area contributed by atoms with E-state index >= 15 is 0 Å². The van der Waals surface area contributed by atoms with E-state index in [9.17, 15) is 14.5 Å². The number of methoxy groups -OCH3 is 1. The van der Waals surface area contributed by atoms with Gasteiger partial charge < -0.3 is 9.57 Å². The number of hydrogen-bond acceptors (Lipinski definition) is 5. The molecule has 6 nitrogen and oxygen atoms in total. The molecule has 0 heterocycles. The van der Waals surface area contributed by atoms with E-state index in [1.54, 1.807) is 25.1 Å². The maximum Gasteiger partial charge on any atom is 0.269 e. The first-order valence-electron chi connectivity index (χ1n) is 6.75. The first-order chi connectivity index (χ1) is 11.0. The highest BCUT2D eigenvalue weighted by Gasteiger charge is 2.06. The summed E-state index contributed by atoms with van der Waals surface area (Å²) in [4.78, 5) is 15.3. The van der Waals surface area contributed by atoms with Crippen LogP contribution >= 0.6 is 0 Å². The number of ether oxygens (including phenoxy) is 1. The molecule has 2 aromatic carbocycles. The van der Waals surface area contributed by atoms with E-state index in [0.29, 0.717) is 11.3 Å². The maximum absolute atomic E-state index is 13.6. The number of benzene rings is 2. The first-order valence-corrected chi connectivity index (χ1v) is 6.75. The van der Waals surface area contributed by atoms with E-state index in [4.69, 9.17) is 9.57 Å². The zero-order valence-electron chi connectivity index (χ0n) is 12.7. The van der Waals surface area contributed by atoms with Crippen molar-refractivity contribution in [2.75, 3.05) is 7.11 Å². The van der Waals surface area contributed by atoms with Crippen molar-refractivity contribution < 1.29 is 18.9 Å². The number of hydrogen-bond donors (Lipinski definition) is 0. The Morgan fingerprint density at radius 1 is 1.26 bits per heavy atom. The summed E-state index contributed by atoms with van der Waals surface area (Å²) < 4.78 is 18.5. The van der Waals surface area contributed by atoms with Crippen LogP contribution in [0.15, 0.2) is 47.6 Å². The third-order valence-corrected chi connectivity index (χ3v) is 3.15. The minimum Gasteiger partial charge on any atom is -0.494 e. The third kappa shape index (κ3) is 4.26. The lowest BCUT2D eigenvalue weighted by atomic mass is 10.1. The Morgan fingerprint density at radius 2 is 1.96 bits per heavy atom. The average molecular weight is 318 g/mol. The van der Waals surface area contributed by atoms with Crippen LogP contribution in [0.5, 0.6) is 5.75 Å². The molecule has 7 heteroatoms. The highest BCUT2D eigenvalue weighted by molar-refractivity contribution is 5.98. The summed E-state index contributed by atoms with van der Waals surface area (Å²) in [6.45, 7) is 1.85. The van der Waals surface area contributed by atoms with Crippen LogP contribution in [0.25, 0.3) is 0 Å². The Bertz CT molecular complexity index is 729. The smallest absolute Gasteiger partial charge is 0.269 e. The lowest BCUT2D eigenvalue weighted by Gasteiger charge is -2.05. The van der Waals surface area contributed by atoms with Crippen molar-refractivity contribution in [2.45, 2.75) is 13.5 Å². The molecular weight excluding hydrogens is 303 g/mol. The number of halogens is 1. The van der Waals surface area contributed by atoms with E-state index in [1.807, 2.05) is 0 Å². The van der Waals surface area contributed by atoms with Crippen molar-refractivity contribution in [2.24, 2.45) is 5.16 Å². The van der Waals surface area contributed by atoms with E-state index < -0.39 is 10.7 Å². The second-order valence-electron chi connectivity index (χ2n) is 4.72. The van der Waals surface area contributed by atoms with Crippen molar-refractivity contribution in [1.82, 2.24) is 0 Å². The van der Waals surface area contributed by atoms with Crippen LogP contribution in [-0.2, 0) is 11.4 Å². The standard InChI is InChI=1S/C16H15FN2O4/c1-11(13-5-8-16(22-2)15(17)9-13)18-23-10-12-3-6-14(7-4-12)19(20)21/h3-9H,10H2,1-2H3/b18-11+. The molecule has 0 bridgehead atoms. The normalized spacial score (nSPS) is 11.2. The van der Waals surface area contributed by atoms with Crippen molar-refractivity contribution >= 4 is 11.4 Å². The SMILES string of the molecule is COc1ccc(/C(C)=N/OCc2ccc([N+](=O)[O-])cc2)cc1F. The second kappa shape index (κ2) is 7.35. The topological polar surface area (TPSA) is 74.0 Å². The minimum atomic E-state index is -0.477. The molecule has 0 N–H and O–H groups in total. The monoisotopic (exact) mass is 318 g/mol. The molecule has 0 aromatic heterocycles. The van der Waals surface area contributed by atoms with Gasteiger partial charge in [0.25, 0.3) is 5.69 Å². The van der Waals surface area contributed by atoms with Gasteiger partial charge in [0.15, 0.2) is 11.6 Å².